The number of hydrogen-bond acceptors (Lipinski definition) is 2. The number of nitrogens with zero attached hydrogens (tertiary/aromatic N) is 1. The van der Waals surface area contributed by atoms with Crippen molar-refractivity contribution < 1.29 is 4.74 Å². The van der Waals surface area contributed by atoms with Gasteiger partial charge in [-0.3, -0.25) is 4.90 Å². The first-order chi connectivity index (χ1) is 8.41. The van der Waals surface area contributed by atoms with Gasteiger partial charge in [0.05, 0.1) is 18.8 Å². The molecule has 0 aliphatic carbocycles. The molecule has 0 saturated carbocycles. The molecular formula is C16H33NO. The fraction of sp³-hybridized carbons (Fsp3) is 1.00. The molecule has 0 spiro atoms. The molecule has 1 fully saturated rings. The zero-order valence-corrected chi connectivity index (χ0v) is 13.3. The quantitative estimate of drug-likeness (QED) is 0.651. The lowest BCUT2D eigenvalue weighted by molar-refractivity contribution is -0.162. The molecule has 0 N–H and O–H groups in total. The van der Waals surface area contributed by atoms with Gasteiger partial charge < -0.3 is 4.74 Å². The minimum atomic E-state index is 0.326. The Bertz CT molecular complexity index is 233. The molecule has 0 aromatic carbocycles. The Hall–Kier alpha value is -0.0800. The van der Waals surface area contributed by atoms with Crippen molar-refractivity contribution in [3.63, 3.8) is 0 Å². The van der Waals surface area contributed by atoms with Crippen molar-refractivity contribution in [1.29, 1.82) is 0 Å². The first-order valence-corrected chi connectivity index (χ1v) is 7.75. The van der Waals surface area contributed by atoms with Crippen LogP contribution >= 0.6 is 0 Å². The molecule has 1 rings (SSSR count). The smallest absolute Gasteiger partial charge is 0.0683 e. The average molecular weight is 255 g/mol. The summed E-state index contributed by atoms with van der Waals surface area (Å²) in [5.74, 6) is 1.54. The monoisotopic (exact) mass is 255 g/mol. The summed E-state index contributed by atoms with van der Waals surface area (Å²) in [5, 5.41) is 0. The van der Waals surface area contributed by atoms with Crippen LogP contribution in [-0.4, -0.2) is 36.2 Å². The van der Waals surface area contributed by atoms with Crippen molar-refractivity contribution in [3.8, 4) is 0 Å². The predicted molar refractivity (Wildman–Crippen MR) is 78.9 cm³/mol. The van der Waals surface area contributed by atoms with Crippen molar-refractivity contribution in [1.82, 2.24) is 4.90 Å². The average Bonchev–Trinajstić information content (AvgIpc) is 2.20. The van der Waals surface area contributed by atoms with Gasteiger partial charge in [-0.05, 0) is 32.1 Å². The second-order valence-electron chi connectivity index (χ2n) is 6.96. The van der Waals surface area contributed by atoms with Crippen molar-refractivity contribution >= 4 is 0 Å². The fourth-order valence-corrected chi connectivity index (χ4v) is 3.33. The van der Waals surface area contributed by atoms with Gasteiger partial charge in [0.2, 0.25) is 0 Å². The van der Waals surface area contributed by atoms with E-state index in [4.69, 9.17) is 4.74 Å². The molecule has 1 unspecified atom stereocenters. The van der Waals surface area contributed by atoms with E-state index >= 15 is 0 Å². The van der Waals surface area contributed by atoms with Gasteiger partial charge in [0, 0.05) is 12.6 Å². The van der Waals surface area contributed by atoms with Gasteiger partial charge in [0.15, 0.2) is 0 Å². The third kappa shape index (κ3) is 3.96. The van der Waals surface area contributed by atoms with Crippen LogP contribution in [0.1, 0.15) is 60.8 Å². The lowest BCUT2D eigenvalue weighted by Gasteiger charge is -2.53. The van der Waals surface area contributed by atoms with Gasteiger partial charge in [0.25, 0.3) is 0 Å². The summed E-state index contributed by atoms with van der Waals surface area (Å²) in [6.07, 6.45) is 3.94. The van der Waals surface area contributed by atoms with E-state index in [1.54, 1.807) is 0 Å². The number of hydrogen-bond donors (Lipinski definition) is 0. The molecular weight excluding hydrogens is 222 g/mol. The van der Waals surface area contributed by atoms with Crippen LogP contribution in [0.5, 0.6) is 0 Å². The van der Waals surface area contributed by atoms with E-state index in [-0.39, 0.29) is 0 Å². The Morgan fingerprint density at radius 3 is 2.06 bits per heavy atom. The van der Waals surface area contributed by atoms with Crippen LogP contribution in [-0.2, 0) is 4.74 Å². The molecule has 2 nitrogen and oxygen atoms in total. The SMILES string of the molecule is CCCC(C)CC1(N(CC(C)C)C(C)C)COC1. The van der Waals surface area contributed by atoms with E-state index in [9.17, 15) is 0 Å². The molecule has 1 heterocycles. The first kappa shape index (κ1) is 16.0. The summed E-state index contributed by atoms with van der Waals surface area (Å²) in [4.78, 5) is 2.70. The molecule has 108 valence electrons. The first-order valence-electron chi connectivity index (χ1n) is 7.75. The van der Waals surface area contributed by atoms with Gasteiger partial charge in [-0.15, -0.1) is 0 Å². The Morgan fingerprint density at radius 1 is 1.11 bits per heavy atom. The highest BCUT2D eigenvalue weighted by molar-refractivity contribution is 4.99. The minimum Gasteiger partial charge on any atom is -0.377 e. The zero-order chi connectivity index (χ0) is 13.8. The van der Waals surface area contributed by atoms with Gasteiger partial charge in [0.1, 0.15) is 0 Å². The van der Waals surface area contributed by atoms with Crippen LogP contribution in [0.2, 0.25) is 0 Å². The standard InChI is InChI=1S/C16H33NO/c1-7-8-15(6)9-16(11-18-12-16)17(14(4)5)10-13(2)3/h13-15H,7-12H2,1-6H3. The second-order valence-corrected chi connectivity index (χ2v) is 6.96. The Morgan fingerprint density at radius 2 is 1.72 bits per heavy atom. The fourth-order valence-electron chi connectivity index (χ4n) is 3.33. The van der Waals surface area contributed by atoms with E-state index in [2.05, 4.69) is 46.4 Å². The Balaban J connectivity index is 2.70. The molecule has 1 aliphatic rings. The lowest BCUT2D eigenvalue weighted by atomic mass is 9.81. The summed E-state index contributed by atoms with van der Waals surface area (Å²) in [5.41, 5.74) is 0.326. The van der Waals surface area contributed by atoms with Crippen LogP contribution in [0.25, 0.3) is 0 Å². The van der Waals surface area contributed by atoms with E-state index in [0.29, 0.717) is 11.6 Å². The zero-order valence-electron chi connectivity index (χ0n) is 13.3. The molecule has 0 bridgehead atoms. The van der Waals surface area contributed by atoms with Gasteiger partial charge in [-0.1, -0.05) is 40.5 Å². The largest absolute Gasteiger partial charge is 0.377 e. The summed E-state index contributed by atoms with van der Waals surface area (Å²) >= 11 is 0. The molecule has 1 saturated heterocycles. The molecule has 0 aromatic heterocycles. The number of ether oxygens (including phenoxy) is 1. The van der Waals surface area contributed by atoms with Crippen molar-refractivity contribution in [2.45, 2.75) is 72.4 Å². The maximum atomic E-state index is 5.59. The highest BCUT2D eigenvalue weighted by Gasteiger charge is 2.45. The number of rotatable bonds is 8. The van der Waals surface area contributed by atoms with E-state index in [1.165, 1.54) is 25.8 Å². The maximum Gasteiger partial charge on any atom is 0.0683 e. The van der Waals surface area contributed by atoms with Crippen LogP contribution in [0.15, 0.2) is 0 Å². The molecule has 1 atom stereocenters. The molecule has 1 aliphatic heterocycles. The normalized spacial score (nSPS) is 20.5. The molecule has 18 heavy (non-hydrogen) atoms. The van der Waals surface area contributed by atoms with E-state index in [0.717, 1.165) is 25.0 Å². The predicted octanol–water partition coefficient (Wildman–Crippen LogP) is 3.95. The third-order valence-electron chi connectivity index (χ3n) is 4.05. The van der Waals surface area contributed by atoms with E-state index < -0.39 is 0 Å². The highest BCUT2D eigenvalue weighted by Crippen LogP contribution is 2.35. The van der Waals surface area contributed by atoms with E-state index in [1.807, 2.05) is 0 Å². The molecule has 0 radical (unpaired) electrons. The van der Waals surface area contributed by atoms with Gasteiger partial charge in [-0.2, -0.15) is 0 Å². The third-order valence-corrected chi connectivity index (χ3v) is 4.05. The summed E-state index contributed by atoms with van der Waals surface area (Å²) < 4.78 is 5.59. The van der Waals surface area contributed by atoms with Crippen LogP contribution in [0, 0.1) is 11.8 Å². The molecule has 0 aromatic rings. The van der Waals surface area contributed by atoms with Crippen molar-refractivity contribution in [2.75, 3.05) is 19.8 Å². The highest BCUT2D eigenvalue weighted by atomic mass is 16.5. The minimum absolute atomic E-state index is 0.326. The van der Waals surface area contributed by atoms with Gasteiger partial charge in [-0.25, -0.2) is 0 Å². The summed E-state index contributed by atoms with van der Waals surface area (Å²) in [6, 6.07) is 0.616. The second kappa shape index (κ2) is 6.91. The van der Waals surface area contributed by atoms with Crippen molar-refractivity contribution in [2.24, 2.45) is 11.8 Å². The maximum absolute atomic E-state index is 5.59. The lowest BCUT2D eigenvalue weighted by Crippen LogP contribution is -2.65. The van der Waals surface area contributed by atoms with Crippen LogP contribution in [0.4, 0.5) is 0 Å². The van der Waals surface area contributed by atoms with Crippen LogP contribution < -0.4 is 0 Å². The Labute approximate surface area is 114 Å². The van der Waals surface area contributed by atoms with Crippen molar-refractivity contribution in [3.05, 3.63) is 0 Å². The molecule has 0 amide bonds. The topological polar surface area (TPSA) is 12.5 Å². The molecule has 2 heteroatoms. The summed E-state index contributed by atoms with van der Waals surface area (Å²) in [7, 11) is 0. The Kier molecular flexibility index (Phi) is 6.13. The van der Waals surface area contributed by atoms with Crippen LogP contribution in [0.3, 0.4) is 0 Å². The van der Waals surface area contributed by atoms with Gasteiger partial charge >= 0.3 is 0 Å². The summed E-state index contributed by atoms with van der Waals surface area (Å²) in [6.45, 7) is 17.0.